The molecule has 3 aliphatic rings. The molecule has 2 aliphatic carbocycles. The lowest BCUT2D eigenvalue weighted by molar-refractivity contribution is -0.162. The molecule has 0 aromatic carbocycles. The standard InChI is InChI=1S/C23H34O5/c1-4-14(2)23(26)28-20-7-5-6-16-9-8-15(3)19(22(16)20)11-10-18-12-17(24)13-21(25)27-18/h6,8-9,14-15,17-20,22,24H,4-5,7,10-13H2,1-3H3/t14?,15-,17+,18-,19-,20-,22-/m0/s1. The molecule has 1 N–H and O–H groups in total. The monoisotopic (exact) mass is 390 g/mol. The molecule has 1 unspecified atom stereocenters. The fourth-order valence-corrected chi connectivity index (χ4v) is 4.80. The van der Waals surface area contributed by atoms with Crippen LogP contribution in [0.25, 0.3) is 0 Å². The molecular weight excluding hydrogens is 356 g/mol. The van der Waals surface area contributed by atoms with Gasteiger partial charge in [-0.15, -0.1) is 0 Å². The number of rotatable bonds is 6. The molecule has 28 heavy (non-hydrogen) atoms. The summed E-state index contributed by atoms with van der Waals surface area (Å²) >= 11 is 0. The Kier molecular flexibility index (Phi) is 6.97. The van der Waals surface area contributed by atoms with Crippen molar-refractivity contribution in [2.75, 3.05) is 0 Å². The van der Waals surface area contributed by atoms with Crippen LogP contribution < -0.4 is 0 Å². The van der Waals surface area contributed by atoms with Crippen LogP contribution in [-0.4, -0.2) is 35.4 Å². The summed E-state index contributed by atoms with van der Waals surface area (Å²) in [5.74, 6) is 0.426. The minimum Gasteiger partial charge on any atom is -0.462 e. The third-order valence-electron chi connectivity index (χ3n) is 6.69. The molecule has 0 aromatic heterocycles. The molecule has 5 nitrogen and oxygen atoms in total. The first-order valence-corrected chi connectivity index (χ1v) is 10.8. The highest BCUT2D eigenvalue weighted by molar-refractivity contribution is 5.72. The zero-order chi connectivity index (χ0) is 20.3. The zero-order valence-corrected chi connectivity index (χ0v) is 17.3. The lowest BCUT2D eigenvalue weighted by Gasteiger charge is -2.42. The van der Waals surface area contributed by atoms with Gasteiger partial charge >= 0.3 is 11.9 Å². The topological polar surface area (TPSA) is 72.8 Å². The predicted molar refractivity (Wildman–Crippen MR) is 106 cm³/mol. The number of carbonyl (C=O) groups is 2. The maximum Gasteiger partial charge on any atom is 0.308 e. The third-order valence-corrected chi connectivity index (χ3v) is 6.69. The van der Waals surface area contributed by atoms with E-state index in [-0.39, 0.29) is 42.4 Å². The molecule has 1 fully saturated rings. The van der Waals surface area contributed by atoms with E-state index in [1.807, 2.05) is 13.8 Å². The van der Waals surface area contributed by atoms with Crippen molar-refractivity contribution in [3.63, 3.8) is 0 Å². The number of aliphatic hydroxyl groups is 1. The maximum atomic E-state index is 12.4. The fourth-order valence-electron chi connectivity index (χ4n) is 4.80. The number of cyclic esters (lactones) is 1. The van der Waals surface area contributed by atoms with E-state index in [4.69, 9.17) is 9.47 Å². The fraction of sp³-hybridized carbons (Fsp3) is 0.739. The van der Waals surface area contributed by atoms with E-state index in [1.165, 1.54) is 5.57 Å². The minimum atomic E-state index is -0.593. The second-order valence-electron chi connectivity index (χ2n) is 8.76. The van der Waals surface area contributed by atoms with Crippen LogP contribution in [0.4, 0.5) is 0 Å². The molecule has 1 heterocycles. The van der Waals surface area contributed by atoms with Gasteiger partial charge in [0, 0.05) is 12.3 Å². The van der Waals surface area contributed by atoms with Gasteiger partial charge in [-0.25, -0.2) is 0 Å². The van der Waals surface area contributed by atoms with Gasteiger partial charge in [0.25, 0.3) is 0 Å². The molecule has 0 radical (unpaired) electrons. The summed E-state index contributed by atoms with van der Waals surface area (Å²) in [6.07, 6.45) is 10.6. The van der Waals surface area contributed by atoms with Gasteiger partial charge in [-0.1, -0.05) is 39.0 Å². The van der Waals surface area contributed by atoms with Crippen molar-refractivity contribution in [2.24, 2.45) is 23.7 Å². The van der Waals surface area contributed by atoms with Gasteiger partial charge < -0.3 is 14.6 Å². The predicted octanol–water partition coefficient (Wildman–Crippen LogP) is 3.95. The van der Waals surface area contributed by atoms with E-state index in [1.54, 1.807) is 0 Å². The highest BCUT2D eigenvalue weighted by Crippen LogP contribution is 2.44. The van der Waals surface area contributed by atoms with Crippen LogP contribution in [0.1, 0.15) is 65.7 Å². The van der Waals surface area contributed by atoms with Crippen LogP contribution in [0.2, 0.25) is 0 Å². The van der Waals surface area contributed by atoms with Gasteiger partial charge in [-0.2, -0.15) is 0 Å². The van der Waals surface area contributed by atoms with Gasteiger partial charge in [0.15, 0.2) is 0 Å². The highest BCUT2D eigenvalue weighted by Gasteiger charge is 2.40. The third kappa shape index (κ3) is 4.86. The van der Waals surface area contributed by atoms with Crippen molar-refractivity contribution in [1.29, 1.82) is 0 Å². The normalized spacial score (nSPS) is 36.1. The van der Waals surface area contributed by atoms with E-state index in [0.29, 0.717) is 18.3 Å². The van der Waals surface area contributed by atoms with E-state index in [9.17, 15) is 14.7 Å². The molecule has 5 heteroatoms. The molecule has 0 amide bonds. The largest absolute Gasteiger partial charge is 0.462 e. The SMILES string of the molecule is CCC(C)C(=O)O[C@H]1CCC=C2C=C[C@H](C)[C@H](CC[C@H]3C[C@@H](O)CC(=O)O3)[C@H]21. The molecule has 1 saturated heterocycles. The van der Waals surface area contributed by atoms with Crippen molar-refractivity contribution >= 4 is 11.9 Å². The summed E-state index contributed by atoms with van der Waals surface area (Å²) < 4.78 is 11.4. The van der Waals surface area contributed by atoms with Crippen LogP contribution in [0.5, 0.6) is 0 Å². The average Bonchev–Trinajstić information content (AvgIpc) is 2.66. The second kappa shape index (κ2) is 9.25. The quantitative estimate of drug-likeness (QED) is 0.695. The Labute approximate surface area is 168 Å². The first-order chi connectivity index (χ1) is 13.4. The van der Waals surface area contributed by atoms with E-state index in [0.717, 1.165) is 32.1 Å². The van der Waals surface area contributed by atoms with Crippen LogP contribution >= 0.6 is 0 Å². The molecule has 0 saturated carbocycles. The number of hydrogen-bond acceptors (Lipinski definition) is 5. The van der Waals surface area contributed by atoms with E-state index < -0.39 is 6.10 Å². The Bertz CT molecular complexity index is 637. The maximum absolute atomic E-state index is 12.4. The Morgan fingerprint density at radius 1 is 1.39 bits per heavy atom. The van der Waals surface area contributed by atoms with Gasteiger partial charge in [0.2, 0.25) is 0 Å². The summed E-state index contributed by atoms with van der Waals surface area (Å²) in [4.78, 5) is 24.1. The summed E-state index contributed by atoms with van der Waals surface area (Å²) in [5.41, 5.74) is 1.27. The smallest absolute Gasteiger partial charge is 0.308 e. The Morgan fingerprint density at radius 2 is 2.18 bits per heavy atom. The first-order valence-electron chi connectivity index (χ1n) is 10.8. The second-order valence-corrected chi connectivity index (χ2v) is 8.76. The van der Waals surface area contributed by atoms with Crippen molar-refractivity contribution in [3.05, 3.63) is 23.8 Å². The molecule has 0 aromatic rings. The van der Waals surface area contributed by atoms with Crippen molar-refractivity contribution in [3.8, 4) is 0 Å². The van der Waals surface area contributed by atoms with Crippen LogP contribution in [-0.2, 0) is 19.1 Å². The number of ether oxygens (including phenoxy) is 2. The van der Waals surface area contributed by atoms with Crippen molar-refractivity contribution in [1.82, 2.24) is 0 Å². The highest BCUT2D eigenvalue weighted by atomic mass is 16.5. The van der Waals surface area contributed by atoms with Crippen LogP contribution in [0.15, 0.2) is 23.8 Å². The minimum absolute atomic E-state index is 0.0764. The lowest BCUT2D eigenvalue weighted by atomic mass is 9.66. The number of aliphatic hydroxyl groups excluding tert-OH is 1. The lowest BCUT2D eigenvalue weighted by Crippen LogP contribution is -2.40. The number of hydrogen-bond donors (Lipinski definition) is 1. The number of esters is 2. The molecule has 3 rings (SSSR count). The van der Waals surface area contributed by atoms with Crippen LogP contribution in [0.3, 0.4) is 0 Å². The van der Waals surface area contributed by atoms with Crippen molar-refractivity contribution in [2.45, 2.75) is 84.0 Å². The molecule has 0 spiro atoms. The number of allylic oxidation sites excluding steroid dienone is 3. The number of carbonyl (C=O) groups excluding carboxylic acids is 2. The molecule has 0 bridgehead atoms. The summed E-state index contributed by atoms with van der Waals surface area (Å²) in [7, 11) is 0. The van der Waals surface area contributed by atoms with E-state index >= 15 is 0 Å². The molecule has 1 aliphatic heterocycles. The Balaban J connectivity index is 1.70. The van der Waals surface area contributed by atoms with Gasteiger partial charge in [0.1, 0.15) is 12.2 Å². The first kappa shape index (κ1) is 21.1. The Hall–Kier alpha value is -1.62. The average molecular weight is 391 g/mol. The van der Waals surface area contributed by atoms with Gasteiger partial charge in [-0.05, 0) is 49.5 Å². The molecular formula is C23H34O5. The molecule has 7 atom stereocenters. The number of fused-ring (bicyclic) bond motifs is 1. The zero-order valence-electron chi connectivity index (χ0n) is 17.3. The van der Waals surface area contributed by atoms with Crippen LogP contribution in [0, 0.1) is 23.7 Å². The van der Waals surface area contributed by atoms with Gasteiger partial charge in [0.05, 0.1) is 18.4 Å². The van der Waals surface area contributed by atoms with E-state index in [2.05, 4.69) is 25.2 Å². The Morgan fingerprint density at radius 3 is 2.89 bits per heavy atom. The van der Waals surface area contributed by atoms with Gasteiger partial charge in [-0.3, -0.25) is 9.59 Å². The van der Waals surface area contributed by atoms with Crippen molar-refractivity contribution < 1.29 is 24.2 Å². The summed E-state index contributed by atoms with van der Waals surface area (Å²) in [6.45, 7) is 6.14. The summed E-state index contributed by atoms with van der Waals surface area (Å²) in [6, 6.07) is 0. The molecule has 156 valence electrons. The summed E-state index contributed by atoms with van der Waals surface area (Å²) in [5, 5.41) is 9.86.